The molecule has 1 rings (SSSR count). The molecule has 4 N–H and O–H groups in total. The number of ether oxygens (including phenoxy) is 1. The molecule has 0 aromatic heterocycles. The predicted octanol–water partition coefficient (Wildman–Crippen LogP) is 0.805. The Morgan fingerprint density at radius 2 is 2.57 bits per heavy atom. The molecule has 0 aromatic rings. The normalized spacial score (nSPS) is 24.9. The van der Waals surface area contributed by atoms with Crippen molar-refractivity contribution in [2.24, 2.45) is 10.8 Å². The van der Waals surface area contributed by atoms with Gasteiger partial charge in [0.25, 0.3) is 0 Å². The van der Waals surface area contributed by atoms with E-state index in [1.807, 2.05) is 0 Å². The second-order valence-corrected chi connectivity index (χ2v) is 3.44. The van der Waals surface area contributed by atoms with E-state index >= 15 is 0 Å². The standard InChI is InChI=1S/C9H18N4O/c1-2-3-8-6-7(4-5-14-8)12-13-9(10)11/h8H,2-6H2,1H3,(H4,10,11,13). The Labute approximate surface area is 84.2 Å². The quantitative estimate of drug-likeness (QED) is 0.356. The van der Waals surface area contributed by atoms with Gasteiger partial charge in [-0.3, -0.25) is 5.41 Å². The van der Waals surface area contributed by atoms with Crippen molar-refractivity contribution in [3.63, 3.8) is 0 Å². The Morgan fingerprint density at radius 1 is 1.79 bits per heavy atom. The maximum Gasteiger partial charge on any atom is 0.206 e. The first-order valence-electron chi connectivity index (χ1n) is 4.99. The van der Waals surface area contributed by atoms with Crippen molar-refractivity contribution < 1.29 is 4.74 Å². The van der Waals surface area contributed by atoms with Crippen molar-refractivity contribution in [2.75, 3.05) is 6.61 Å². The number of guanidine groups is 1. The zero-order valence-corrected chi connectivity index (χ0v) is 8.55. The third-order valence-corrected chi connectivity index (χ3v) is 2.15. The second kappa shape index (κ2) is 5.59. The highest BCUT2D eigenvalue weighted by atomic mass is 16.5. The summed E-state index contributed by atoms with van der Waals surface area (Å²) in [5.74, 6) is -0.115. The van der Waals surface area contributed by atoms with E-state index < -0.39 is 0 Å². The van der Waals surface area contributed by atoms with Crippen LogP contribution in [0.4, 0.5) is 0 Å². The molecule has 80 valence electrons. The van der Waals surface area contributed by atoms with Crippen LogP contribution in [0.3, 0.4) is 0 Å². The van der Waals surface area contributed by atoms with Crippen LogP contribution in [0.1, 0.15) is 32.6 Å². The summed E-state index contributed by atoms with van der Waals surface area (Å²) in [4.78, 5) is 0. The van der Waals surface area contributed by atoms with Crippen LogP contribution < -0.4 is 11.2 Å². The van der Waals surface area contributed by atoms with Crippen LogP contribution in [0.2, 0.25) is 0 Å². The minimum absolute atomic E-state index is 0.115. The molecule has 1 fully saturated rings. The van der Waals surface area contributed by atoms with Gasteiger partial charge in [0, 0.05) is 18.6 Å². The van der Waals surface area contributed by atoms with Gasteiger partial charge in [-0.15, -0.1) is 0 Å². The van der Waals surface area contributed by atoms with Crippen molar-refractivity contribution in [2.45, 2.75) is 38.7 Å². The molecule has 0 aromatic carbocycles. The maximum absolute atomic E-state index is 6.97. The topological polar surface area (TPSA) is 83.5 Å². The molecule has 0 amide bonds. The molecule has 5 nitrogen and oxygen atoms in total. The van der Waals surface area contributed by atoms with Crippen molar-refractivity contribution in [1.82, 2.24) is 5.43 Å². The molecule has 0 saturated carbocycles. The first-order chi connectivity index (χ1) is 6.72. The maximum atomic E-state index is 6.97. The van der Waals surface area contributed by atoms with Gasteiger partial charge in [-0.1, -0.05) is 13.3 Å². The first kappa shape index (κ1) is 11.0. The average molecular weight is 198 g/mol. The van der Waals surface area contributed by atoms with E-state index in [0.717, 1.165) is 38.0 Å². The Morgan fingerprint density at radius 3 is 3.21 bits per heavy atom. The van der Waals surface area contributed by atoms with Crippen LogP contribution in [0, 0.1) is 5.41 Å². The Hall–Kier alpha value is -1.10. The van der Waals surface area contributed by atoms with Crippen LogP contribution in [0.25, 0.3) is 0 Å². The lowest BCUT2D eigenvalue weighted by Gasteiger charge is -2.23. The predicted molar refractivity (Wildman–Crippen MR) is 56.4 cm³/mol. The molecule has 1 aliphatic rings. The number of rotatable bonds is 3. The molecule has 1 unspecified atom stereocenters. The Bertz CT molecular complexity index is 225. The average Bonchev–Trinajstić information content (AvgIpc) is 2.16. The van der Waals surface area contributed by atoms with Crippen molar-refractivity contribution in [3.8, 4) is 0 Å². The molecule has 0 bridgehead atoms. The fraction of sp³-hybridized carbons (Fsp3) is 0.778. The van der Waals surface area contributed by atoms with Gasteiger partial charge in [0.15, 0.2) is 0 Å². The number of hydrazone groups is 1. The number of hydrogen-bond donors (Lipinski definition) is 3. The minimum atomic E-state index is -0.115. The van der Waals surface area contributed by atoms with E-state index in [2.05, 4.69) is 17.5 Å². The van der Waals surface area contributed by atoms with Crippen LogP contribution in [0.15, 0.2) is 5.10 Å². The summed E-state index contributed by atoms with van der Waals surface area (Å²) in [5, 5.41) is 11.0. The molecule has 1 aliphatic heterocycles. The first-order valence-corrected chi connectivity index (χ1v) is 4.99. The molecule has 0 spiro atoms. The summed E-state index contributed by atoms with van der Waals surface area (Å²) >= 11 is 0. The monoisotopic (exact) mass is 198 g/mol. The molecule has 5 heteroatoms. The van der Waals surface area contributed by atoms with E-state index in [1.54, 1.807) is 0 Å². The highest BCUT2D eigenvalue weighted by molar-refractivity contribution is 5.87. The molecule has 0 aliphatic carbocycles. The molecular formula is C9H18N4O. The van der Waals surface area contributed by atoms with Gasteiger partial charge in [0.05, 0.1) is 12.7 Å². The number of nitrogens with zero attached hydrogens (tertiary/aromatic N) is 1. The van der Waals surface area contributed by atoms with E-state index in [1.165, 1.54) is 0 Å². The fourth-order valence-corrected chi connectivity index (χ4v) is 1.52. The summed E-state index contributed by atoms with van der Waals surface area (Å²) in [6, 6.07) is 0. The van der Waals surface area contributed by atoms with Crippen molar-refractivity contribution in [1.29, 1.82) is 5.41 Å². The zero-order chi connectivity index (χ0) is 10.4. The van der Waals surface area contributed by atoms with E-state index in [9.17, 15) is 0 Å². The lowest BCUT2D eigenvalue weighted by atomic mass is 10.0. The SMILES string of the molecule is CCCC1CC(=NNC(=N)N)CCO1. The zero-order valence-electron chi connectivity index (χ0n) is 8.55. The van der Waals surface area contributed by atoms with Gasteiger partial charge in [-0.25, -0.2) is 5.43 Å². The lowest BCUT2D eigenvalue weighted by molar-refractivity contribution is 0.0440. The summed E-state index contributed by atoms with van der Waals surface area (Å²) in [6.07, 6.45) is 4.17. The highest BCUT2D eigenvalue weighted by Gasteiger charge is 2.17. The minimum Gasteiger partial charge on any atom is -0.377 e. The summed E-state index contributed by atoms with van der Waals surface area (Å²) in [6.45, 7) is 2.87. The molecule has 0 radical (unpaired) electrons. The molecule has 1 atom stereocenters. The fourth-order valence-electron chi connectivity index (χ4n) is 1.52. The number of nitrogens with one attached hydrogen (secondary N) is 2. The molecule has 14 heavy (non-hydrogen) atoms. The summed E-state index contributed by atoms with van der Waals surface area (Å²) in [5.41, 5.74) is 8.65. The molecule has 1 saturated heterocycles. The van der Waals surface area contributed by atoms with Gasteiger partial charge in [-0.05, 0) is 6.42 Å². The molecular weight excluding hydrogens is 180 g/mol. The van der Waals surface area contributed by atoms with Gasteiger partial charge in [0.1, 0.15) is 0 Å². The molecule has 1 heterocycles. The summed E-state index contributed by atoms with van der Waals surface area (Å²) in [7, 11) is 0. The largest absolute Gasteiger partial charge is 0.377 e. The van der Waals surface area contributed by atoms with Crippen LogP contribution in [0.5, 0.6) is 0 Å². The van der Waals surface area contributed by atoms with Crippen LogP contribution in [-0.2, 0) is 4.74 Å². The number of hydrogen-bond acceptors (Lipinski definition) is 3. The highest BCUT2D eigenvalue weighted by Crippen LogP contribution is 2.15. The van der Waals surface area contributed by atoms with Gasteiger partial charge >= 0.3 is 0 Å². The third-order valence-electron chi connectivity index (χ3n) is 2.15. The Balaban J connectivity index is 2.38. The third kappa shape index (κ3) is 3.74. The van der Waals surface area contributed by atoms with Crippen molar-refractivity contribution >= 4 is 11.7 Å². The van der Waals surface area contributed by atoms with E-state index in [4.69, 9.17) is 15.9 Å². The van der Waals surface area contributed by atoms with Gasteiger partial charge < -0.3 is 10.5 Å². The van der Waals surface area contributed by atoms with Crippen LogP contribution >= 0.6 is 0 Å². The van der Waals surface area contributed by atoms with Crippen LogP contribution in [-0.4, -0.2) is 24.4 Å². The van der Waals surface area contributed by atoms with Gasteiger partial charge in [0.2, 0.25) is 5.96 Å². The van der Waals surface area contributed by atoms with Crippen molar-refractivity contribution in [3.05, 3.63) is 0 Å². The lowest BCUT2D eigenvalue weighted by Crippen LogP contribution is -2.30. The number of nitrogens with two attached hydrogens (primary N) is 1. The summed E-state index contributed by atoms with van der Waals surface area (Å²) < 4.78 is 5.56. The smallest absolute Gasteiger partial charge is 0.206 e. The second-order valence-electron chi connectivity index (χ2n) is 3.44. The Kier molecular flexibility index (Phi) is 4.39. The van der Waals surface area contributed by atoms with E-state index in [0.29, 0.717) is 6.10 Å². The van der Waals surface area contributed by atoms with E-state index in [-0.39, 0.29) is 5.96 Å². The van der Waals surface area contributed by atoms with Gasteiger partial charge in [-0.2, -0.15) is 5.10 Å².